The Balaban J connectivity index is 1.63. The van der Waals surface area contributed by atoms with Gasteiger partial charge in [0.05, 0.1) is 12.7 Å². The number of hydrogen-bond donors (Lipinski definition) is 2. The average molecular weight is 369 g/mol. The number of nitrogens with one attached hydrogen (secondary N) is 2. The largest absolute Gasteiger partial charge is 0.465 e. The van der Waals surface area contributed by atoms with Gasteiger partial charge in [-0.3, -0.25) is 0 Å². The molecule has 0 unspecified atom stereocenters. The number of benzene rings is 2. The van der Waals surface area contributed by atoms with Crippen LogP contribution in [-0.2, 0) is 11.3 Å². The molecule has 7 heteroatoms. The van der Waals surface area contributed by atoms with Crippen molar-refractivity contribution in [2.75, 3.05) is 17.7 Å². The second-order valence-corrected chi connectivity index (χ2v) is 5.90. The molecule has 0 spiro atoms. The van der Waals surface area contributed by atoms with Gasteiger partial charge in [0.2, 0.25) is 0 Å². The average Bonchev–Trinajstić information content (AvgIpc) is 2.68. The zero-order valence-corrected chi connectivity index (χ0v) is 14.8. The number of esters is 1. The van der Waals surface area contributed by atoms with Crippen molar-refractivity contribution in [3.8, 4) is 0 Å². The molecule has 132 valence electrons. The maximum Gasteiger partial charge on any atom is 0.337 e. The Hall–Kier alpha value is -3.12. The first-order valence-corrected chi connectivity index (χ1v) is 8.27. The van der Waals surface area contributed by atoms with Gasteiger partial charge in [0, 0.05) is 23.3 Å². The van der Waals surface area contributed by atoms with Crippen molar-refractivity contribution < 1.29 is 9.53 Å². The van der Waals surface area contributed by atoms with Gasteiger partial charge in [-0.05, 0) is 42.0 Å². The molecule has 0 bridgehead atoms. The van der Waals surface area contributed by atoms with Gasteiger partial charge in [0.25, 0.3) is 0 Å². The Morgan fingerprint density at radius 2 is 1.73 bits per heavy atom. The number of carbonyl (C=O) groups excluding carboxylic acids is 1. The van der Waals surface area contributed by atoms with Crippen LogP contribution in [0.1, 0.15) is 15.9 Å². The number of methoxy groups -OCH3 is 1. The van der Waals surface area contributed by atoms with Crippen LogP contribution in [0, 0.1) is 0 Å². The summed E-state index contributed by atoms with van der Waals surface area (Å²) in [7, 11) is 1.36. The molecule has 2 aromatic carbocycles. The van der Waals surface area contributed by atoms with Crippen molar-refractivity contribution in [3.05, 3.63) is 77.1 Å². The molecule has 6 nitrogen and oxygen atoms in total. The molecule has 26 heavy (non-hydrogen) atoms. The minimum absolute atomic E-state index is 0.368. The van der Waals surface area contributed by atoms with Crippen LogP contribution in [0.15, 0.2) is 60.9 Å². The van der Waals surface area contributed by atoms with Crippen molar-refractivity contribution in [2.45, 2.75) is 6.54 Å². The quantitative estimate of drug-likeness (QED) is 0.633. The summed E-state index contributed by atoms with van der Waals surface area (Å²) in [6.07, 6.45) is 1.48. The summed E-state index contributed by atoms with van der Waals surface area (Å²) in [4.78, 5) is 19.9. The molecule has 3 aromatic rings. The number of anilines is 3. The molecule has 2 N–H and O–H groups in total. The molecule has 3 rings (SSSR count). The molecule has 0 amide bonds. The van der Waals surface area contributed by atoms with E-state index in [9.17, 15) is 4.79 Å². The van der Waals surface area contributed by atoms with E-state index >= 15 is 0 Å². The maximum atomic E-state index is 11.5. The fraction of sp³-hybridized carbons (Fsp3) is 0.105. The third kappa shape index (κ3) is 4.70. The summed E-state index contributed by atoms with van der Waals surface area (Å²) in [5.74, 6) is 0.973. The van der Waals surface area contributed by atoms with E-state index in [2.05, 4.69) is 25.3 Å². The Morgan fingerprint density at radius 3 is 2.42 bits per heavy atom. The normalized spacial score (nSPS) is 10.2. The molecule has 0 aliphatic carbocycles. The highest BCUT2D eigenvalue weighted by molar-refractivity contribution is 6.30. The third-order valence-corrected chi connectivity index (χ3v) is 3.88. The SMILES string of the molecule is COC(=O)c1ccc(Nc2cc(NCc3ccc(Cl)cc3)ncn2)cc1. The summed E-state index contributed by atoms with van der Waals surface area (Å²) in [5, 5.41) is 7.13. The van der Waals surface area contributed by atoms with Gasteiger partial charge in [-0.2, -0.15) is 0 Å². The van der Waals surface area contributed by atoms with Gasteiger partial charge < -0.3 is 15.4 Å². The van der Waals surface area contributed by atoms with Crippen molar-refractivity contribution in [3.63, 3.8) is 0 Å². The topological polar surface area (TPSA) is 76.1 Å². The zero-order valence-electron chi connectivity index (χ0n) is 14.1. The van der Waals surface area contributed by atoms with Crippen LogP contribution in [0.4, 0.5) is 17.3 Å². The number of aromatic nitrogens is 2. The molecule has 0 fully saturated rings. The van der Waals surface area contributed by atoms with Gasteiger partial charge >= 0.3 is 5.97 Å². The maximum absolute atomic E-state index is 11.5. The molecular weight excluding hydrogens is 352 g/mol. The lowest BCUT2D eigenvalue weighted by Crippen LogP contribution is -2.03. The standard InChI is InChI=1S/C19H17ClN4O2/c1-26-19(25)14-4-8-16(9-5-14)24-18-10-17(22-12-23-18)21-11-13-2-6-15(20)7-3-13/h2-10,12H,11H2,1H3,(H2,21,22,23,24). The summed E-state index contributed by atoms with van der Waals surface area (Å²) < 4.78 is 4.68. The van der Waals surface area contributed by atoms with Crippen molar-refractivity contribution in [2.24, 2.45) is 0 Å². The smallest absolute Gasteiger partial charge is 0.337 e. The highest BCUT2D eigenvalue weighted by atomic mass is 35.5. The minimum atomic E-state index is -0.368. The molecule has 0 saturated heterocycles. The van der Waals surface area contributed by atoms with Gasteiger partial charge in [-0.15, -0.1) is 0 Å². The third-order valence-electron chi connectivity index (χ3n) is 3.63. The van der Waals surface area contributed by atoms with E-state index < -0.39 is 0 Å². The molecule has 1 heterocycles. The lowest BCUT2D eigenvalue weighted by molar-refractivity contribution is 0.0601. The number of halogens is 1. The van der Waals surface area contributed by atoms with E-state index in [-0.39, 0.29) is 5.97 Å². The lowest BCUT2D eigenvalue weighted by Gasteiger charge is -2.09. The summed E-state index contributed by atoms with van der Waals surface area (Å²) in [6.45, 7) is 0.626. The first-order chi connectivity index (χ1) is 12.6. The summed E-state index contributed by atoms with van der Waals surface area (Å²) >= 11 is 5.89. The van der Waals surface area contributed by atoms with E-state index in [1.54, 1.807) is 24.3 Å². The molecule has 0 saturated carbocycles. The lowest BCUT2D eigenvalue weighted by atomic mass is 10.2. The predicted octanol–water partition coefficient (Wildman–Crippen LogP) is 4.27. The number of rotatable bonds is 6. The highest BCUT2D eigenvalue weighted by Crippen LogP contribution is 2.18. The first-order valence-electron chi connectivity index (χ1n) is 7.90. The molecule has 0 aliphatic heterocycles. The van der Waals surface area contributed by atoms with Crippen molar-refractivity contribution >= 4 is 34.9 Å². The second kappa shape index (κ2) is 8.31. The van der Waals surface area contributed by atoms with Crippen LogP contribution in [0.3, 0.4) is 0 Å². The van der Waals surface area contributed by atoms with E-state index in [1.165, 1.54) is 13.4 Å². The number of nitrogens with zero attached hydrogens (tertiary/aromatic N) is 2. The molecular formula is C19H17ClN4O2. The Labute approximate surface area is 156 Å². The van der Waals surface area contributed by atoms with E-state index in [0.717, 1.165) is 11.3 Å². The van der Waals surface area contributed by atoms with Crippen LogP contribution >= 0.6 is 11.6 Å². The van der Waals surface area contributed by atoms with Gasteiger partial charge in [0.1, 0.15) is 18.0 Å². The van der Waals surface area contributed by atoms with Crippen molar-refractivity contribution in [1.82, 2.24) is 9.97 Å². The number of hydrogen-bond acceptors (Lipinski definition) is 6. The van der Waals surface area contributed by atoms with Gasteiger partial charge in [-0.1, -0.05) is 23.7 Å². The van der Waals surface area contributed by atoms with Crippen LogP contribution in [0.2, 0.25) is 5.02 Å². The minimum Gasteiger partial charge on any atom is -0.465 e. The number of carbonyl (C=O) groups is 1. The second-order valence-electron chi connectivity index (χ2n) is 5.46. The number of ether oxygens (including phenoxy) is 1. The van der Waals surface area contributed by atoms with E-state index in [4.69, 9.17) is 11.6 Å². The molecule has 1 aromatic heterocycles. The molecule has 0 aliphatic rings. The fourth-order valence-corrected chi connectivity index (χ4v) is 2.40. The van der Waals surface area contributed by atoms with Gasteiger partial charge in [0.15, 0.2) is 0 Å². The first kappa shape index (κ1) is 17.7. The molecule has 0 radical (unpaired) electrons. The van der Waals surface area contributed by atoms with Crippen molar-refractivity contribution in [1.29, 1.82) is 0 Å². The monoisotopic (exact) mass is 368 g/mol. The van der Waals surface area contributed by atoms with Gasteiger partial charge in [-0.25, -0.2) is 14.8 Å². The van der Waals surface area contributed by atoms with E-state index in [0.29, 0.717) is 28.8 Å². The highest BCUT2D eigenvalue weighted by Gasteiger charge is 2.05. The van der Waals surface area contributed by atoms with Crippen LogP contribution < -0.4 is 10.6 Å². The van der Waals surface area contributed by atoms with Crippen LogP contribution in [0.5, 0.6) is 0 Å². The van der Waals surface area contributed by atoms with Crippen LogP contribution in [0.25, 0.3) is 0 Å². The van der Waals surface area contributed by atoms with Crippen LogP contribution in [-0.4, -0.2) is 23.0 Å². The zero-order chi connectivity index (χ0) is 18.4. The Bertz CT molecular complexity index is 883. The summed E-state index contributed by atoms with van der Waals surface area (Å²) in [6, 6.07) is 16.4. The Morgan fingerprint density at radius 1 is 1.04 bits per heavy atom. The van der Waals surface area contributed by atoms with E-state index in [1.807, 2.05) is 30.3 Å². The predicted molar refractivity (Wildman–Crippen MR) is 102 cm³/mol. The fourth-order valence-electron chi connectivity index (χ4n) is 2.27. The molecule has 0 atom stereocenters. The Kier molecular flexibility index (Phi) is 5.66. The summed E-state index contributed by atoms with van der Waals surface area (Å²) in [5.41, 5.74) is 2.40.